The fraction of sp³-hybridized carbons (Fsp3) is 0.0667. The summed E-state index contributed by atoms with van der Waals surface area (Å²) in [6.45, 7) is 0.489. The molecule has 0 saturated carbocycles. The van der Waals surface area contributed by atoms with Crippen LogP contribution in [0.2, 0.25) is 5.15 Å². The molecular weight excluding hydrogens is 260 g/mol. The van der Waals surface area contributed by atoms with Gasteiger partial charge in [-0.1, -0.05) is 29.8 Å². The van der Waals surface area contributed by atoms with Crippen LogP contribution in [0.25, 0.3) is 10.9 Å². The van der Waals surface area contributed by atoms with E-state index in [0.29, 0.717) is 11.7 Å². The van der Waals surface area contributed by atoms with Crippen LogP contribution in [-0.4, -0.2) is 9.55 Å². The van der Waals surface area contributed by atoms with Crippen molar-refractivity contribution in [1.82, 2.24) is 9.55 Å². The van der Waals surface area contributed by atoms with Gasteiger partial charge >= 0.3 is 0 Å². The van der Waals surface area contributed by atoms with Crippen LogP contribution < -0.4 is 5.56 Å². The number of rotatable bonds is 2. The Morgan fingerprint density at radius 3 is 2.79 bits per heavy atom. The van der Waals surface area contributed by atoms with Gasteiger partial charge < -0.3 is 4.57 Å². The van der Waals surface area contributed by atoms with E-state index in [1.165, 1.54) is 0 Å². The van der Waals surface area contributed by atoms with Gasteiger partial charge in [0.25, 0.3) is 5.56 Å². The lowest BCUT2D eigenvalue weighted by Crippen LogP contribution is -2.19. The van der Waals surface area contributed by atoms with Crippen molar-refractivity contribution in [2.45, 2.75) is 6.54 Å². The highest BCUT2D eigenvalue weighted by molar-refractivity contribution is 6.29. The highest BCUT2D eigenvalue weighted by Crippen LogP contribution is 2.14. The maximum atomic E-state index is 12.0. The van der Waals surface area contributed by atoms with Gasteiger partial charge in [0.1, 0.15) is 5.15 Å². The zero-order chi connectivity index (χ0) is 13.2. The summed E-state index contributed by atoms with van der Waals surface area (Å²) in [5, 5.41) is 1.48. The van der Waals surface area contributed by atoms with E-state index < -0.39 is 0 Å². The molecule has 0 bridgehead atoms. The smallest absolute Gasteiger partial charge is 0.251 e. The third-order valence-electron chi connectivity index (χ3n) is 3.03. The van der Waals surface area contributed by atoms with Crippen molar-refractivity contribution in [2.75, 3.05) is 0 Å². The number of hydrogen-bond acceptors (Lipinski definition) is 2. The molecule has 3 nitrogen and oxygen atoms in total. The van der Waals surface area contributed by atoms with Gasteiger partial charge in [-0.3, -0.25) is 4.79 Å². The molecule has 1 aromatic carbocycles. The standard InChI is InChI=1S/C15H11ClN2O/c16-14-9-11(7-8-17-14)10-18-13-4-2-1-3-12(13)5-6-15(18)19/h1-9H,10H2. The Balaban J connectivity index is 2.14. The number of pyridine rings is 2. The van der Waals surface area contributed by atoms with Crippen LogP contribution in [0, 0.1) is 0 Å². The lowest BCUT2D eigenvalue weighted by Gasteiger charge is -2.10. The molecule has 0 aliphatic heterocycles. The third-order valence-corrected chi connectivity index (χ3v) is 3.24. The maximum absolute atomic E-state index is 12.0. The minimum atomic E-state index is -0.0216. The Bertz CT molecular complexity index is 795. The van der Waals surface area contributed by atoms with Crippen molar-refractivity contribution in [3.63, 3.8) is 0 Å². The largest absolute Gasteiger partial charge is 0.304 e. The van der Waals surface area contributed by atoms with E-state index in [-0.39, 0.29) is 5.56 Å². The SMILES string of the molecule is O=c1ccc2ccccc2n1Cc1ccnc(Cl)c1. The molecule has 0 radical (unpaired) electrons. The highest BCUT2D eigenvalue weighted by Gasteiger charge is 2.04. The van der Waals surface area contributed by atoms with Crippen molar-refractivity contribution >= 4 is 22.5 Å². The second-order valence-corrected chi connectivity index (χ2v) is 4.69. The first-order valence-corrected chi connectivity index (χ1v) is 6.31. The molecule has 94 valence electrons. The van der Waals surface area contributed by atoms with Crippen molar-refractivity contribution in [3.05, 3.63) is 75.8 Å². The van der Waals surface area contributed by atoms with Crippen LogP contribution in [0.4, 0.5) is 0 Å². The summed E-state index contributed by atoms with van der Waals surface area (Å²) in [6, 6.07) is 14.9. The summed E-state index contributed by atoms with van der Waals surface area (Å²) in [4.78, 5) is 16.0. The topological polar surface area (TPSA) is 34.9 Å². The van der Waals surface area contributed by atoms with Crippen molar-refractivity contribution < 1.29 is 0 Å². The molecule has 2 aromatic heterocycles. The predicted octanol–water partition coefficient (Wildman–Crippen LogP) is 3.10. The van der Waals surface area contributed by atoms with Gasteiger partial charge in [-0.15, -0.1) is 0 Å². The number of nitrogens with zero attached hydrogens (tertiary/aromatic N) is 2. The van der Waals surface area contributed by atoms with E-state index >= 15 is 0 Å². The van der Waals surface area contributed by atoms with E-state index in [4.69, 9.17) is 11.6 Å². The van der Waals surface area contributed by atoms with Crippen LogP contribution in [-0.2, 0) is 6.54 Å². The molecule has 0 saturated heterocycles. The summed E-state index contributed by atoms with van der Waals surface area (Å²) < 4.78 is 1.74. The summed E-state index contributed by atoms with van der Waals surface area (Å²) in [5.41, 5.74) is 1.85. The summed E-state index contributed by atoms with van der Waals surface area (Å²) >= 11 is 5.87. The Kier molecular flexibility index (Phi) is 3.05. The minimum Gasteiger partial charge on any atom is -0.304 e. The Morgan fingerprint density at radius 2 is 1.95 bits per heavy atom. The molecule has 19 heavy (non-hydrogen) atoms. The fourth-order valence-corrected chi connectivity index (χ4v) is 2.33. The number of para-hydroxylation sites is 1. The van der Waals surface area contributed by atoms with Crippen molar-refractivity contribution in [1.29, 1.82) is 0 Å². The van der Waals surface area contributed by atoms with Crippen LogP contribution in [0.1, 0.15) is 5.56 Å². The molecule has 0 unspecified atom stereocenters. The van der Waals surface area contributed by atoms with Gasteiger partial charge in [0, 0.05) is 12.3 Å². The molecule has 0 N–H and O–H groups in total. The molecule has 0 amide bonds. The summed E-state index contributed by atoms with van der Waals surface area (Å²) in [6.07, 6.45) is 1.65. The molecule has 0 atom stereocenters. The zero-order valence-electron chi connectivity index (χ0n) is 10.1. The molecule has 0 aliphatic rings. The maximum Gasteiger partial charge on any atom is 0.251 e. The van der Waals surface area contributed by atoms with Gasteiger partial charge in [-0.25, -0.2) is 4.98 Å². The van der Waals surface area contributed by atoms with Crippen LogP contribution in [0.5, 0.6) is 0 Å². The number of benzene rings is 1. The van der Waals surface area contributed by atoms with E-state index in [1.54, 1.807) is 22.9 Å². The summed E-state index contributed by atoms with van der Waals surface area (Å²) in [5.74, 6) is 0. The predicted molar refractivity (Wildman–Crippen MR) is 76.6 cm³/mol. The Morgan fingerprint density at radius 1 is 1.11 bits per heavy atom. The van der Waals surface area contributed by atoms with Crippen LogP contribution in [0.15, 0.2) is 59.5 Å². The first-order valence-electron chi connectivity index (χ1n) is 5.93. The molecule has 0 aliphatic carbocycles. The van der Waals surface area contributed by atoms with Gasteiger partial charge in [-0.05, 0) is 35.2 Å². The van der Waals surface area contributed by atoms with Gasteiger partial charge in [-0.2, -0.15) is 0 Å². The highest BCUT2D eigenvalue weighted by atomic mass is 35.5. The van der Waals surface area contributed by atoms with E-state index in [9.17, 15) is 4.79 Å². The average Bonchev–Trinajstić information content (AvgIpc) is 2.42. The van der Waals surface area contributed by atoms with Crippen molar-refractivity contribution in [3.8, 4) is 0 Å². The first kappa shape index (κ1) is 11.9. The minimum absolute atomic E-state index is 0.0216. The lowest BCUT2D eigenvalue weighted by atomic mass is 10.2. The molecule has 3 rings (SSSR count). The normalized spacial score (nSPS) is 10.8. The van der Waals surface area contributed by atoms with Gasteiger partial charge in [0.2, 0.25) is 0 Å². The van der Waals surface area contributed by atoms with E-state index in [1.807, 2.05) is 36.4 Å². The Labute approximate surface area is 115 Å². The first-order chi connectivity index (χ1) is 9.24. The van der Waals surface area contributed by atoms with Crippen molar-refractivity contribution in [2.24, 2.45) is 0 Å². The molecule has 0 spiro atoms. The van der Waals surface area contributed by atoms with E-state index in [0.717, 1.165) is 16.5 Å². The molecular formula is C15H11ClN2O. The molecule has 0 fully saturated rings. The number of aromatic nitrogens is 2. The van der Waals surface area contributed by atoms with Crippen LogP contribution >= 0.6 is 11.6 Å². The fourth-order valence-electron chi connectivity index (χ4n) is 2.13. The quantitative estimate of drug-likeness (QED) is 0.671. The number of halogens is 1. The number of hydrogen-bond donors (Lipinski definition) is 0. The Hall–Kier alpha value is -2.13. The number of fused-ring (bicyclic) bond motifs is 1. The van der Waals surface area contributed by atoms with Gasteiger partial charge in [0.05, 0.1) is 12.1 Å². The third kappa shape index (κ3) is 2.37. The summed E-state index contributed by atoms with van der Waals surface area (Å²) in [7, 11) is 0. The second kappa shape index (κ2) is 4.86. The van der Waals surface area contributed by atoms with Crippen LogP contribution in [0.3, 0.4) is 0 Å². The average molecular weight is 271 g/mol. The molecule has 4 heteroatoms. The molecule has 2 heterocycles. The second-order valence-electron chi connectivity index (χ2n) is 4.30. The zero-order valence-corrected chi connectivity index (χ0v) is 10.8. The molecule has 3 aromatic rings. The lowest BCUT2D eigenvalue weighted by molar-refractivity contribution is 0.793. The van der Waals surface area contributed by atoms with Gasteiger partial charge in [0.15, 0.2) is 0 Å². The monoisotopic (exact) mass is 270 g/mol. The van der Waals surface area contributed by atoms with E-state index in [2.05, 4.69) is 4.98 Å².